The molecule has 0 fully saturated rings. The molecule has 0 heterocycles. The zero-order chi connectivity index (χ0) is 15.2. The molecule has 1 atom stereocenters. The van der Waals surface area contributed by atoms with Crippen LogP contribution in [0.5, 0.6) is 0 Å². The van der Waals surface area contributed by atoms with E-state index in [2.05, 4.69) is 30.5 Å². The van der Waals surface area contributed by atoms with Gasteiger partial charge in [0.1, 0.15) is 0 Å². The predicted molar refractivity (Wildman–Crippen MR) is 87.7 cm³/mol. The van der Waals surface area contributed by atoms with Crippen molar-refractivity contribution in [1.29, 1.82) is 0 Å². The second kappa shape index (κ2) is 7.04. The number of aryl methyl sites for hydroxylation is 1. The zero-order valence-electron chi connectivity index (χ0n) is 12.8. The molecule has 0 radical (unpaired) electrons. The number of benzene rings is 2. The lowest BCUT2D eigenvalue weighted by atomic mass is 10.1. The largest absolute Gasteiger partial charge is 0.322 e. The Balaban J connectivity index is 2.15. The monoisotopic (exact) mass is 282 g/mol. The van der Waals surface area contributed by atoms with Crippen LogP contribution in [-0.2, 0) is 0 Å². The van der Waals surface area contributed by atoms with Gasteiger partial charge in [-0.1, -0.05) is 37.3 Å². The molecule has 0 aliphatic rings. The second-order valence-corrected chi connectivity index (χ2v) is 5.17. The lowest BCUT2D eigenvalue weighted by Crippen LogP contribution is -2.18. The topological polar surface area (TPSA) is 41.1 Å². The fraction of sp³-hybridized carbons (Fsp3) is 0.278. The highest BCUT2D eigenvalue weighted by molar-refractivity contribution is 6.05. The fourth-order valence-corrected chi connectivity index (χ4v) is 2.34. The molecule has 2 N–H and O–H groups in total. The van der Waals surface area contributed by atoms with Crippen LogP contribution in [0.3, 0.4) is 0 Å². The van der Waals surface area contributed by atoms with E-state index < -0.39 is 0 Å². The quantitative estimate of drug-likeness (QED) is 0.872. The molecule has 0 saturated carbocycles. The van der Waals surface area contributed by atoms with Crippen LogP contribution in [0.4, 0.5) is 5.69 Å². The Hall–Kier alpha value is -2.13. The van der Waals surface area contributed by atoms with Gasteiger partial charge in [-0.15, -0.1) is 0 Å². The van der Waals surface area contributed by atoms with Crippen molar-refractivity contribution in [3.8, 4) is 0 Å². The zero-order valence-corrected chi connectivity index (χ0v) is 12.8. The third kappa shape index (κ3) is 3.92. The molecule has 0 aliphatic carbocycles. The van der Waals surface area contributed by atoms with E-state index in [0.29, 0.717) is 5.56 Å². The van der Waals surface area contributed by atoms with E-state index in [1.54, 1.807) is 0 Å². The van der Waals surface area contributed by atoms with Crippen molar-refractivity contribution in [1.82, 2.24) is 5.32 Å². The summed E-state index contributed by atoms with van der Waals surface area (Å²) in [6.45, 7) is 7.06. The van der Waals surface area contributed by atoms with Crippen molar-refractivity contribution in [3.05, 3.63) is 65.2 Å². The number of hydrogen-bond donors (Lipinski definition) is 2. The Labute approximate surface area is 126 Å². The Morgan fingerprint density at radius 3 is 2.62 bits per heavy atom. The highest BCUT2D eigenvalue weighted by atomic mass is 16.1. The number of carbonyl (C=O) groups is 1. The van der Waals surface area contributed by atoms with Crippen LogP contribution in [-0.4, -0.2) is 12.5 Å². The molecule has 2 aromatic rings. The van der Waals surface area contributed by atoms with Gasteiger partial charge in [0.05, 0.1) is 0 Å². The van der Waals surface area contributed by atoms with E-state index in [4.69, 9.17) is 0 Å². The number of hydrogen-bond acceptors (Lipinski definition) is 2. The Morgan fingerprint density at radius 2 is 1.90 bits per heavy atom. The third-order valence-corrected chi connectivity index (χ3v) is 3.54. The SMILES string of the molecule is CCNC(C)c1cccc(NC(=O)c2ccccc2C)c1. The molecule has 2 rings (SSSR count). The average Bonchev–Trinajstić information content (AvgIpc) is 2.48. The Bertz CT molecular complexity index is 622. The molecule has 1 amide bonds. The minimum Gasteiger partial charge on any atom is -0.322 e. The molecule has 0 aliphatic heterocycles. The molecule has 0 spiro atoms. The average molecular weight is 282 g/mol. The van der Waals surface area contributed by atoms with Gasteiger partial charge in [0.25, 0.3) is 5.91 Å². The molecule has 0 aromatic heterocycles. The van der Waals surface area contributed by atoms with Crippen molar-refractivity contribution in [2.75, 3.05) is 11.9 Å². The van der Waals surface area contributed by atoms with Gasteiger partial charge in [-0.25, -0.2) is 0 Å². The van der Waals surface area contributed by atoms with E-state index >= 15 is 0 Å². The van der Waals surface area contributed by atoms with Crippen LogP contribution in [0.25, 0.3) is 0 Å². The van der Waals surface area contributed by atoms with Gasteiger partial charge < -0.3 is 10.6 Å². The maximum Gasteiger partial charge on any atom is 0.255 e. The highest BCUT2D eigenvalue weighted by Gasteiger charge is 2.10. The summed E-state index contributed by atoms with van der Waals surface area (Å²) in [7, 11) is 0. The maximum absolute atomic E-state index is 12.3. The third-order valence-electron chi connectivity index (χ3n) is 3.54. The van der Waals surface area contributed by atoms with Crippen molar-refractivity contribution < 1.29 is 4.79 Å². The summed E-state index contributed by atoms with van der Waals surface area (Å²) in [4.78, 5) is 12.3. The van der Waals surface area contributed by atoms with Crippen LogP contribution < -0.4 is 10.6 Å². The Kier molecular flexibility index (Phi) is 5.12. The van der Waals surface area contributed by atoms with E-state index in [0.717, 1.165) is 17.8 Å². The van der Waals surface area contributed by atoms with Gasteiger partial charge in [-0.05, 0) is 49.7 Å². The van der Waals surface area contributed by atoms with E-state index in [-0.39, 0.29) is 11.9 Å². The lowest BCUT2D eigenvalue weighted by molar-refractivity contribution is 0.102. The number of anilines is 1. The van der Waals surface area contributed by atoms with Crippen molar-refractivity contribution >= 4 is 11.6 Å². The van der Waals surface area contributed by atoms with Gasteiger partial charge in [-0.3, -0.25) is 4.79 Å². The van der Waals surface area contributed by atoms with Gasteiger partial charge >= 0.3 is 0 Å². The summed E-state index contributed by atoms with van der Waals surface area (Å²) >= 11 is 0. The lowest BCUT2D eigenvalue weighted by Gasteiger charge is -2.14. The maximum atomic E-state index is 12.3. The molecular formula is C18H22N2O. The molecule has 110 valence electrons. The van der Waals surface area contributed by atoms with Gasteiger partial charge in [0.15, 0.2) is 0 Å². The molecule has 3 nitrogen and oxygen atoms in total. The summed E-state index contributed by atoms with van der Waals surface area (Å²) in [5.74, 6) is -0.0682. The first-order valence-electron chi connectivity index (χ1n) is 7.32. The van der Waals surface area contributed by atoms with E-state index in [1.807, 2.05) is 49.4 Å². The summed E-state index contributed by atoms with van der Waals surface area (Å²) in [5.41, 5.74) is 3.68. The van der Waals surface area contributed by atoms with Gasteiger partial charge in [0, 0.05) is 17.3 Å². The molecule has 0 bridgehead atoms. The molecule has 21 heavy (non-hydrogen) atoms. The normalized spacial score (nSPS) is 12.0. The summed E-state index contributed by atoms with van der Waals surface area (Å²) in [6, 6.07) is 15.8. The molecule has 1 unspecified atom stereocenters. The number of amides is 1. The first kappa shape index (κ1) is 15.3. The van der Waals surface area contributed by atoms with Crippen molar-refractivity contribution in [2.24, 2.45) is 0 Å². The minimum absolute atomic E-state index is 0.0682. The Morgan fingerprint density at radius 1 is 1.14 bits per heavy atom. The van der Waals surface area contributed by atoms with Crippen LogP contribution in [0.2, 0.25) is 0 Å². The molecule has 3 heteroatoms. The molecule has 0 saturated heterocycles. The van der Waals surface area contributed by atoms with Crippen molar-refractivity contribution in [3.63, 3.8) is 0 Å². The summed E-state index contributed by atoms with van der Waals surface area (Å²) in [5, 5.41) is 6.34. The van der Waals surface area contributed by atoms with Gasteiger partial charge in [-0.2, -0.15) is 0 Å². The standard InChI is InChI=1S/C18H22N2O/c1-4-19-14(3)15-9-7-10-16(12-15)20-18(21)17-11-6-5-8-13(17)2/h5-12,14,19H,4H2,1-3H3,(H,20,21). The van der Waals surface area contributed by atoms with Crippen LogP contribution in [0.1, 0.15) is 41.4 Å². The first-order chi connectivity index (χ1) is 10.1. The smallest absolute Gasteiger partial charge is 0.255 e. The van der Waals surface area contributed by atoms with E-state index in [9.17, 15) is 4.79 Å². The second-order valence-electron chi connectivity index (χ2n) is 5.17. The number of nitrogens with one attached hydrogen (secondary N) is 2. The highest BCUT2D eigenvalue weighted by Crippen LogP contribution is 2.18. The summed E-state index contributed by atoms with van der Waals surface area (Å²) in [6.07, 6.45) is 0. The first-order valence-corrected chi connectivity index (χ1v) is 7.32. The van der Waals surface area contributed by atoms with Crippen LogP contribution in [0.15, 0.2) is 48.5 Å². The van der Waals surface area contributed by atoms with Crippen LogP contribution in [0, 0.1) is 6.92 Å². The molecular weight excluding hydrogens is 260 g/mol. The van der Waals surface area contributed by atoms with Crippen LogP contribution >= 0.6 is 0 Å². The van der Waals surface area contributed by atoms with Crippen molar-refractivity contribution in [2.45, 2.75) is 26.8 Å². The number of rotatable bonds is 5. The predicted octanol–water partition coefficient (Wildman–Crippen LogP) is 3.92. The van der Waals surface area contributed by atoms with E-state index in [1.165, 1.54) is 5.56 Å². The minimum atomic E-state index is -0.0682. The fourth-order valence-electron chi connectivity index (χ4n) is 2.34. The molecule has 2 aromatic carbocycles. The number of carbonyl (C=O) groups excluding carboxylic acids is 1. The van der Waals surface area contributed by atoms with Gasteiger partial charge in [0.2, 0.25) is 0 Å². The summed E-state index contributed by atoms with van der Waals surface area (Å²) < 4.78 is 0.